The highest BCUT2D eigenvalue weighted by Gasteiger charge is 2.10. The third-order valence-corrected chi connectivity index (χ3v) is 2.88. The second kappa shape index (κ2) is 5.15. The molecule has 0 radical (unpaired) electrons. The Morgan fingerprint density at radius 1 is 0.875 bits per heavy atom. The highest BCUT2D eigenvalue weighted by Crippen LogP contribution is 2.22. The van der Waals surface area contributed by atoms with E-state index in [-0.39, 0.29) is 6.04 Å². The predicted octanol–water partition coefficient (Wildman–Crippen LogP) is 3.65. The van der Waals surface area contributed by atoms with Crippen molar-refractivity contribution in [1.82, 2.24) is 5.32 Å². The smallest absolute Gasteiger partial charge is 0.0574 e. The molecule has 0 spiro atoms. The van der Waals surface area contributed by atoms with E-state index in [0.717, 1.165) is 5.02 Å². The van der Waals surface area contributed by atoms with Crippen molar-refractivity contribution >= 4 is 11.6 Å². The lowest BCUT2D eigenvalue weighted by Gasteiger charge is -2.17. The third kappa shape index (κ3) is 2.43. The molecule has 0 aliphatic carbocycles. The van der Waals surface area contributed by atoms with Gasteiger partial charge in [-0.25, -0.2) is 0 Å². The number of rotatable bonds is 3. The van der Waals surface area contributed by atoms with Gasteiger partial charge in [-0.2, -0.15) is 0 Å². The van der Waals surface area contributed by atoms with Crippen LogP contribution in [0.2, 0.25) is 5.02 Å². The molecule has 2 heteroatoms. The first kappa shape index (κ1) is 11.2. The van der Waals surface area contributed by atoms with Crippen LogP contribution < -0.4 is 5.32 Å². The average molecular weight is 232 g/mol. The summed E-state index contributed by atoms with van der Waals surface area (Å²) in [4.78, 5) is 0. The molecule has 0 bridgehead atoms. The lowest BCUT2D eigenvalue weighted by Crippen LogP contribution is -2.17. The number of halogens is 1. The quantitative estimate of drug-likeness (QED) is 0.851. The Hall–Kier alpha value is -1.31. The number of hydrogen-bond acceptors (Lipinski definition) is 1. The molecule has 2 aromatic carbocycles. The van der Waals surface area contributed by atoms with Crippen LogP contribution in [0, 0.1) is 0 Å². The summed E-state index contributed by atoms with van der Waals surface area (Å²) >= 11 is 5.89. The Labute approximate surface area is 101 Å². The molecule has 82 valence electrons. The van der Waals surface area contributed by atoms with E-state index in [1.54, 1.807) is 0 Å². The molecule has 0 aliphatic heterocycles. The average Bonchev–Trinajstić information content (AvgIpc) is 2.34. The van der Waals surface area contributed by atoms with Crippen molar-refractivity contribution in [2.45, 2.75) is 6.04 Å². The van der Waals surface area contributed by atoms with Gasteiger partial charge in [-0.15, -0.1) is 0 Å². The first-order chi connectivity index (χ1) is 7.81. The molecule has 2 aromatic rings. The molecule has 16 heavy (non-hydrogen) atoms. The zero-order chi connectivity index (χ0) is 11.4. The van der Waals surface area contributed by atoms with Gasteiger partial charge in [0, 0.05) is 5.02 Å². The summed E-state index contributed by atoms with van der Waals surface area (Å²) in [6, 6.07) is 18.5. The molecule has 0 fully saturated rings. The molecule has 2 rings (SSSR count). The van der Waals surface area contributed by atoms with Crippen LogP contribution >= 0.6 is 11.6 Å². The van der Waals surface area contributed by atoms with Crippen LogP contribution in [0.5, 0.6) is 0 Å². The van der Waals surface area contributed by atoms with E-state index in [2.05, 4.69) is 41.7 Å². The van der Waals surface area contributed by atoms with E-state index in [1.165, 1.54) is 11.1 Å². The molecule has 0 aliphatic rings. The second-order valence-corrected chi connectivity index (χ2v) is 4.12. The Morgan fingerprint density at radius 3 is 2.00 bits per heavy atom. The zero-order valence-corrected chi connectivity index (χ0v) is 9.91. The van der Waals surface area contributed by atoms with Crippen molar-refractivity contribution in [2.24, 2.45) is 0 Å². The summed E-state index contributed by atoms with van der Waals surface area (Å²) in [6.07, 6.45) is 0. The molecular formula is C14H14ClN. The van der Waals surface area contributed by atoms with Gasteiger partial charge in [0.2, 0.25) is 0 Å². The maximum atomic E-state index is 5.89. The summed E-state index contributed by atoms with van der Waals surface area (Å²) in [6.45, 7) is 0. The lowest BCUT2D eigenvalue weighted by atomic mass is 9.99. The van der Waals surface area contributed by atoms with Crippen LogP contribution in [0.25, 0.3) is 0 Å². The van der Waals surface area contributed by atoms with E-state index in [4.69, 9.17) is 11.6 Å². The fourth-order valence-electron chi connectivity index (χ4n) is 1.83. The lowest BCUT2D eigenvalue weighted by molar-refractivity contribution is 0.692. The van der Waals surface area contributed by atoms with Crippen LogP contribution in [0.1, 0.15) is 17.2 Å². The van der Waals surface area contributed by atoms with Gasteiger partial charge in [0.05, 0.1) is 6.04 Å². The van der Waals surface area contributed by atoms with Crippen molar-refractivity contribution in [3.05, 3.63) is 70.7 Å². The van der Waals surface area contributed by atoms with E-state index in [9.17, 15) is 0 Å². The van der Waals surface area contributed by atoms with Gasteiger partial charge in [-0.1, -0.05) is 54.1 Å². The summed E-state index contributed by atoms with van der Waals surface area (Å²) < 4.78 is 0. The molecule has 1 nitrogen and oxygen atoms in total. The van der Waals surface area contributed by atoms with Gasteiger partial charge in [0.25, 0.3) is 0 Å². The van der Waals surface area contributed by atoms with Gasteiger partial charge in [0.15, 0.2) is 0 Å². The van der Waals surface area contributed by atoms with Gasteiger partial charge in [-0.05, 0) is 30.3 Å². The molecule has 0 amide bonds. The Kier molecular flexibility index (Phi) is 3.60. The maximum absolute atomic E-state index is 5.89. The van der Waals surface area contributed by atoms with E-state index >= 15 is 0 Å². The number of hydrogen-bond donors (Lipinski definition) is 1. The second-order valence-electron chi connectivity index (χ2n) is 3.68. The molecule has 0 saturated carbocycles. The number of nitrogens with one attached hydrogen (secondary N) is 1. The summed E-state index contributed by atoms with van der Waals surface area (Å²) in [5.41, 5.74) is 2.48. The normalized spacial score (nSPS) is 12.4. The standard InChI is InChI=1S/C14H14ClN/c1-16-14(11-5-3-2-4-6-11)12-7-9-13(15)10-8-12/h2-10,14,16H,1H3. The van der Waals surface area contributed by atoms with Crippen LogP contribution in [0.15, 0.2) is 54.6 Å². The largest absolute Gasteiger partial charge is 0.309 e. The maximum Gasteiger partial charge on any atom is 0.0574 e. The SMILES string of the molecule is CNC(c1ccccc1)c1ccc(Cl)cc1. The highest BCUT2D eigenvalue weighted by molar-refractivity contribution is 6.30. The first-order valence-electron chi connectivity index (χ1n) is 5.29. The van der Waals surface area contributed by atoms with Crippen molar-refractivity contribution in [2.75, 3.05) is 7.05 Å². The Bertz CT molecular complexity index is 436. The van der Waals surface area contributed by atoms with Crippen molar-refractivity contribution < 1.29 is 0 Å². The molecule has 0 aromatic heterocycles. The molecule has 1 unspecified atom stereocenters. The molecule has 1 atom stereocenters. The topological polar surface area (TPSA) is 12.0 Å². The summed E-state index contributed by atoms with van der Waals surface area (Å²) in [5.74, 6) is 0. The fraction of sp³-hybridized carbons (Fsp3) is 0.143. The Morgan fingerprint density at radius 2 is 1.44 bits per heavy atom. The van der Waals surface area contributed by atoms with E-state index < -0.39 is 0 Å². The third-order valence-electron chi connectivity index (χ3n) is 2.62. The molecule has 0 saturated heterocycles. The van der Waals surface area contributed by atoms with E-state index in [1.807, 2.05) is 25.2 Å². The van der Waals surface area contributed by atoms with Crippen molar-refractivity contribution in [3.8, 4) is 0 Å². The minimum atomic E-state index is 0.221. The summed E-state index contributed by atoms with van der Waals surface area (Å²) in [7, 11) is 1.96. The van der Waals surface area contributed by atoms with Crippen molar-refractivity contribution in [3.63, 3.8) is 0 Å². The van der Waals surface area contributed by atoms with Gasteiger partial charge < -0.3 is 5.32 Å². The van der Waals surface area contributed by atoms with Gasteiger partial charge >= 0.3 is 0 Å². The Balaban J connectivity index is 2.33. The molecule has 0 heterocycles. The molecular weight excluding hydrogens is 218 g/mol. The van der Waals surface area contributed by atoms with Gasteiger partial charge in [-0.3, -0.25) is 0 Å². The zero-order valence-electron chi connectivity index (χ0n) is 9.15. The van der Waals surface area contributed by atoms with Crippen molar-refractivity contribution in [1.29, 1.82) is 0 Å². The fourth-order valence-corrected chi connectivity index (χ4v) is 1.95. The monoisotopic (exact) mass is 231 g/mol. The first-order valence-corrected chi connectivity index (χ1v) is 5.67. The van der Waals surface area contributed by atoms with Crippen LogP contribution in [0.4, 0.5) is 0 Å². The number of benzene rings is 2. The van der Waals surface area contributed by atoms with Crippen LogP contribution in [0.3, 0.4) is 0 Å². The van der Waals surface area contributed by atoms with Gasteiger partial charge in [0.1, 0.15) is 0 Å². The summed E-state index contributed by atoms with van der Waals surface area (Å²) in [5, 5.41) is 4.08. The minimum absolute atomic E-state index is 0.221. The molecule has 1 N–H and O–H groups in total. The van der Waals surface area contributed by atoms with E-state index in [0.29, 0.717) is 0 Å². The van der Waals surface area contributed by atoms with Crippen LogP contribution in [-0.4, -0.2) is 7.05 Å². The van der Waals surface area contributed by atoms with Crippen LogP contribution in [-0.2, 0) is 0 Å². The predicted molar refractivity (Wildman–Crippen MR) is 68.8 cm³/mol. The minimum Gasteiger partial charge on any atom is -0.309 e. The highest BCUT2D eigenvalue weighted by atomic mass is 35.5.